The lowest BCUT2D eigenvalue weighted by molar-refractivity contribution is 0.283. The van der Waals surface area contributed by atoms with Crippen LogP contribution in [-0.4, -0.2) is 18.8 Å². The molecule has 2 rings (SSSR count). The van der Waals surface area contributed by atoms with Crippen LogP contribution in [0, 0.1) is 5.92 Å². The van der Waals surface area contributed by atoms with Crippen LogP contribution < -0.4 is 9.47 Å². The van der Waals surface area contributed by atoms with E-state index in [1.165, 1.54) is 12.8 Å². The zero-order valence-electron chi connectivity index (χ0n) is 8.19. The molecule has 1 saturated carbocycles. The molecule has 0 saturated heterocycles. The number of benzene rings is 1. The molecule has 0 radical (unpaired) electrons. The summed E-state index contributed by atoms with van der Waals surface area (Å²) in [4.78, 5) is 0. The van der Waals surface area contributed by atoms with Gasteiger partial charge in [0.25, 0.3) is 0 Å². The third-order valence-corrected chi connectivity index (χ3v) is 2.34. The van der Waals surface area contributed by atoms with E-state index in [-0.39, 0.29) is 5.75 Å². The highest BCUT2D eigenvalue weighted by atomic mass is 16.5. The predicted molar refractivity (Wildman–Crippen MR) is 52.9 cm³/mol. The van der Waals surface area contributed by atoms with Crippen molar-refractivity contribution in [3.63, 3.8) is 0 Å². The Kier molecular flexibility index (Phi) is 2.48. The average molecular weight is 194 g/mol. The van der Waals surface area contributed by atoms with E-state index in [4.69, 9.17) is 9.47 Å². The van der Waals surface area contributed by atoms with Crippen molar-refractivity contribution in [2.75, 3.05) is 13.7 Å². The molecule has 1 aliphatic rings. The maximum atomic E-state index is 9.55. The molecule has 1 fully saturated rings. The molecule has 0 aromatic heterocycles. The first-order valence-corrected chi connectivity index (χ1v) is 4.79. The second-order valence-corrected chi connectivity index (χ2v) is 3.59. The van der Waals surface area contributed by atoms with Gasteiger partial charge in [0.1, 0.15) is 5.75 Å². The summed E-state index contributed by atoms with van der Waals surface area (Å²) in [6.07, 6.45) is 2.49. The number of methoxy groups -OCH3 is 1. The number of ether oxygens (including phenoxy) is 2. The highest BCUT2D eigenvalue weighted by Gasteiger charge is 2.22. The number of hydrogen-bond acceptors (Lipinski definition) is 3. The lowest BCUT2D eigenvalue weighted by Gasteiger charge is -2.08. The molecule has 1 N–H and O–H groups in total. The number of rotatable bonds is 4. The van der Waals surface area contributed by atoms with Gasteiger partial charge in [-0.3, -0.25) is 0 Å². The van der Waals surface area contributed by atoms with Crippen molar-refractivity contribution < 1.29 is 14.6 Å². The van der Waals surface area contributed by atoms with E-state index in [9.17, 15) is 5.11 Å². The SMILES string of the molecule is COc1ccc(OCC2CC2)c(O)c1. The van der Waals surface area contributed by atoms with Crippen LogP contribution in [-0.2, 0) is 0 Å². The zero-order valence-corrected chi connectivity index (χ0v) is 8.19. The second-order valence-electron chi connectivity index (χ2n) is 3.59. The Labute approximate surface area is 83.3 Å². The Morgan fingerprint density at radius 3 is 2.79 bits per heavy atom. The molecule has 3 heteroatoms. The molecular formula is C11H14O3. The summed E-state index contributed by atoms with van der Waals surface area (Å²) in [7, 11) is 1.57. The maximum Gasteiger partial charge on any atom is 0.161 e. The van der Waals surface area contributed by atoms with E-state index in [1.807, 2.05) is 0 Å². The van der Waals surface area contributed by atoms with Gasteiger partial charge in [-0.2, -0.15) is 0 Å². The first kappa shape index (κ1) is 9.19. The summed E-state index contributed by atoms with van der Waals surface area (Å²) in [5, 5.41) is 9.55. The summed E-state index contributed by atoms with van der Waals surface area (Å²) >= 11 is 0. The molecule has 3 nitrogen and oxygen atoms in total. The molecule has 1 aliphatic carbocycles. The van der Waals surface area contributed by atoms with Crippen LogP contribution in [0.4, 0.5) is 0 Å². The Hall–Kier alpha value is -1.38. The third kappa shape index (κ3) is 2.10. The van der Waals surface area contributed by atoms with Gasteiger partial charge in [-0.25, -0.2) is 0 Å². The minimum absolute atomic E-state index is 0.144. The van der Waals surface area contributed by atoms with Gasteiger partial charge in [0.15, 0.2) is 11.5 Å². The molecule has 76 valence electrons. The van der Waals surface area contributed by atoms with Crippen molar-refractivity contribution in [1.29, 1.82) is 0 Å². The van der Waals surface area contributed by atoms with Crippen LogP contribution in [0.3, 0.4) is 0 Å². The van der Waals surface area contributed by atoms with Crippen molar-refractivity contribution in [1.82, 2.24) is 0 Å². The maximum absolute atomic E-state index is 9.55. The van der Waals surface area contributed by atoms with Crippen LogP contribution in [0.1, 0.15) is 12.8 Å². The molecule has 1 aromatic rings. The highest BCUT2D eigenvalue weighted by Crippen LogP contribution is 2.33. The first-order valence-electron chi connectivity index (χ1n) is 4.79. The molecule has 0 amide bonds. The monoisotopic (exact) mass is 194 g/mol. The summed E-state index contributed by atoms with van der Waals surface area (Å²) in [5.74, 6) is 2.01. The number of aromatic hydroxyl groups is 1. The average Bonchev–Trinajstić information content (AvgIpc) is 2.99. The Morgan fingerprint density at radius 2 is 2.21 bits per heavy atom. The third-order valence-electron chi connectivity index (χ3n) is 2.34. The summed E-state index contributed by atoms with van der Waals surface area (Å²) < 4.78 is 10.4. The van der Waals surface area contributed by atoms with Crippen LogP contribution in [0.25, 0.3) is 0 Å². The predicted octanol–water partition coefficient (Wildman–Crippen LogP) is 2.19. The van der Waals surface area contributed by atoms with Gasteiger partial charge in [-0.1, -0.05) is 0 Å². The van der Waals surface area contributed by atoms with Crippen molar-refractivity contribution in [2.24, 2.45) is 5.92 Å². The van der Waals surface area contributed by atoms with Crippen LogP contribution >= 0.6 is 0 Å². The molecule has 0 heterocycles. The summed E-state index contributed by atoms with van der Waals surface area (Å²) in [6, 6.07) is 5.07. The van der Waals surface area contributed by atoms with Crippen LogP contribution in [0.2, 0.25) is 0 Å². The van der Waals surface area contributed by atoms with Gasteiger partial charge >= 0.3 is 0 Å². The summed E-state index contributed by atoms with van der Waals surface area (Å²) in [6.45, 7) is 0.708. The van der Waals surface area contributed by atoms with Gasteiger partial charge in [0.05, 0.1) is 13.7 Å². The van der Waals surface area contributed by atoms with E-state index in [1.54, 1.807) is 25.3 Å². The van der Waals surface area contributed by atoms with Gasteiger partial charge < -0.3 is 14.6 Å². The van der Waals surface area contributed by atoms with Crippen LogP contribution in [0.15, 0.2) is 18.2 Å². The molecular weight excluding hydrogens is 180 g/mol. The van der Waals surface area contributed by atoms with E-state index in [0.717, 1.165) is 0 Å². The van der Waals surface area contributed by atoms with Crippen LogP contribution in [0.5, 0.6) is 17.2 Å². The van der Waals surface area contributed by atoms with E-state index in [0.29, 0.717) is 24.0 Å². The van der Waals surface area contributed by atoms with Gasteiger partial charge in [0, 0.05) is 6.07 Å². The summed E-state index contributed by atoms with van der Waals surface area (Å²) in [5.41, 5.74) is 0. The minimum atomic E-state index is 0.144. The lowest BCUT2D eigenvalue weighted by Crippen LogP contribution is -1.99. The Balaban J connectivity index is 2.01. The Morgan fingerprint density at radius 1 is 1.43 bits per heavy atom. The molecule has 0 spiro atoms. The molecule has 0 aliphatic heterocycles. The molecule has 14 heavy (non-hydrogen) atoms. The van der Waals surface area contributed by atoms with Gasteiger partial charge in [-0.15, -0.1) is 0 Å². The standard InChI is InChI=1S/C11H14O3/c1-13-9-4-5-11(10(12)6-9)14-7-8-2-3-8/h4-6,8,12H,2-3,7H2,1H3. The lowest BCUT2D eigenvalue weighted by atomic mass is 10.3. The second kappa shape index (κ2) is 3.78. The molecule has 0 unspecified atom stereocenters. The van der Waals surface area contributed by atoms with Gasteiger partial charge in [-0.05, 0) is 30.9 Å². The Bertz CT molecular complexity index is 318. The van der Waals surface area contributed by atoms with Crippen molar-refractivity contribution in [3.05, 3.63) is 18.2 Å². The van der Waals surface area contributed by atoms with Crippen molar-refractivity contribution >= 4 is 0 Å². The quantitative estimate of drug-likeness (QED) is 0.798. The normalized spacial score (nSPS) is 15.2. The first-order chi connectivity index (χ1) is 6.79. The molecule has 1 aromatic carbocycles. The topological polar surface area (TPSA) is 38.7 Å². The fourth-order valence-electron chi connectivity index (χ4n) is 1.24. The van der Waals surface area contributed by atoms with Crippen molar-refractivity contribution in [2.45, 2.75) is 12.8 Å². The highest BCUT2D eigenvalue weighted by molar-refractivity contribution is 5.44. The fraction of sp³-hybridized carbons (Fsp3) is 0.455. The van der Waals surface area contributed by atoms with E-state index < -0.39 is 0 Å². The number of phenols is 1. The minimum Gasteiger partial charge on any atom is -0.504 e. The zero-order chi connectivity index (χ0) is 9.97. The molecule has 0 bridgehead atoms. The number of phenolic OH excluding ortho intramolecular Hbond substituents is 1. The van der Waals surface area contributed by atoms with Gasteiger partial charge in [0.2, 0.25) is 0 Å². The largest absolute Gasteiger partial charge is 0.504 e. The molecule has 0 atom stereocenters. The smallest absolute Gasteiger partial charge is 0.161 e. The van der Waals surface area contributed by atoms with E-state index in [2.05, 4.69) is 0 Å². The number of hydrogen-bond donors (Lipinski definition) is 1. The fourth-order valence-corrected chi connectivity index (χ4v) is 1.24. The van der Waals surface area contributed by atoms with Crippen molar-refractivity contribution in [3.8, 4) is 17.2 Å². The van der Waals surface area contributed by atoms with E-state index >= 15 is 0 Å².